The van der Waals surface area contributed by atoms with E-state index >= 15 is 0 Å². The first kappa shape index (κ1) is 14.5. The Morgan fingerprint density at radius 3 is 2.60 bits per heavy atom. The summed E-state index contributed by atoms with van der Waals surface area (Å²) in [6.07, 6.45) is 2.74. The number of ether oxygens (including phenoxy) is 1. The van der Waals surface area contributed by atoms with Crippen molar-refractivity contribution in [2.75, 3.05) is 7.11 Å². The van der Waals surface area contributed by atoms with Gasteiger partial charge in [-0.05, 0) is 43.0 Å². The Kier molecular flexibility index (Phi) is 5.13. The van der Waals surface area contributed by atoms with Crippen LogP contribution in [-0.4, -0.2) is 7.11 Å². The van der Waals surface area contributed by atoms with Crippen LogP contribution in [0.2, 0.25) is 0 Å². The molecule has 106 valence electrons. The highest BCUT2D eigenvalue weighted by atomic mass is 19.1. The van der Waals surface area contributed by atoms with Crippen LogP contribution in [0.1, 0.15) is 30.0 Å². The third-order valence-electron chi connectivity index (χ3n) is 3.41. The van der Waals surface area contributed by atoms with Crippen molar-refractivity contribution in [3.63, 3.8) is 0 Å². The maximum atomic E-state index is 13.3. The van der Waals surface area contributed by atoms with Crippen LogP contribution in [0.4, 0.5) is 4.39 Å². The molecule has 1 atom stereocenters. The van der Waals surface area contributed by atoms with Gasteiger partial charge in [0.05, 0.1) is 7.11 Å². The first-order valence-corrected chi connectivity index (χ1v) is 6.83. The van der Waals surface area contributed by atoms with Gasteiger partial charge in [0.1, 0.15) is 11.6 Å². The van der Waals surface area contributed by atoms with Crippen molar-refractivity contribution >= 4 is 0 Å². The third-order valence-corrected chi connectivity index (χ3v) is 3.41. The van der Waals surface area contributed by atoms with Crippen LogP contribution >= 0.6 is 0 Å². The smallest absolute Gasteiger partial charge is 0.123 e. The van der Waals surface area contributed by atoms with Crippen molar-refractivity contribution in [1.82, 2.24) is 0 Å². The maximum absolute atomic E-state index is 13.3. The summed E-state index contributed by atoms with van der Waals surface area (Å²) in [5.41, 5.74) is 8.19. The number of hydrogen-bond acceptors (Lipinski definition) is 2. The van der Waals surface area contributed by atoms with Crippen LogP contribution in [0.25, 0.3) is 0 Å². The monoisotopic (exact) mass is 273 g/mol. The molecule has 0 heterocycles. The van der Waals surface area contributed by atoms with Crippen LogP contribution in [-0.2, 0) is 6.42 Å². The molecule has 2 rings (SSSR count). The normalized spacial score (nSPS) is 12.2. The molecule has 0 amide bonds. The van der Waals surface area contributed by atoms with Crippen LogP contribution in [0.3, 0.4) is 0 Å². The van der Waals surface area contributed by atoms with E-state index in [-0.39, 0.29) is 11.9 Å². The van der Waals surface area contributed by atoms with E-state index in [0.29, 0.717) is 5.75 Å². The maximum Gasteiger partial charge on any atom is 0.123 e. The summed E-state index contributed by atoms with van der Waals surface area (Å²) in [5.74, 6) is 0.373. The number of halogens is 1. The van der Waals surface area contributed by atoms with Gasteiger partial charge in [0, 0.05) is 11.6 Å². The minimum atomic E-state index is -0.278. The van der Waals surface area contributed by atoms with Crippen molar-refractivity contribution in [3.8, 4) is 5.75 Å². The minimum absolute atomic E-state index is 0.204. The van der Waals surface area contributed by atoms with E-state index in [9.17, 15) is 4.39 Å². The quantitative estimate of drug-likeness (QED) is 0.867. The number of rotatable bonds is 6. The fraction of sp³-hybridized carbons (Fsp3) is 0.294. The molecule has 0 aromatic heterocycles. The van der Waals surface area contributed by atoms with Gasteiger partial charge in [-0.3, -0.25) is 0 Å². The average molecular weight is 273 g/mol. The summed E-state index contributed by atoms with van der Waals surface area (Å²) < 4.78 is 18.6. The third kappa shape index (κ3) is 3.81. The van der Waals surface area contributed by atoms with Gasteiger partial charge in [0.15, 0.2) is 0 Å². The van der Waals surface area contributed by atoms with Crippen LogP contribution < -0.4 is 10.5 Å². The number of hydrogen-bond donors (Lipinski definition) is 1. The average Bonchev–Trinajstić information content (AvgIpc) is 2.48. The second kappa shape index (κ2) is 7.06. The predicted octanol–water partition coefficient (Wildman–Crippen LogP) is 3.86. The van der Waals surface area contributed by atoms with Gasteiger partial charge >= 0.3 is 0 Å². The molecule has 0 fully saturated rings. The molecule has 0 aliphatic heterocycles. The van der Waals surface area contributed by atoms with Crippen molar-refractivity contribution < 1.29 is 9.13 Å². The molecule has 0 saturated heterocycles. The zero-order valence-corrected chi connectivity index (χ0v) is 11.7. The summed E-state index contributed by atoms with van der Waals surface area (Å²) in [4.78, 5) is 0. The number of benzene rings is 2. The Labute approximate surface area is 119 Å². The Hall–Kier alpha value is -1.87. The van der Waals surface area contributed by atoms with E-state index < -0.39 is 0 Å². The van der Waals surface area contributed by atoms with E-state index in [0.717, 1.165) is 24.8 Å². The number of nitrogens with two attached hydrogens (primary N) is 1. The van der Waals surface area contributed by atoms with Crippen molar-refractivity contribution in [1.29, 1.82) is 0 Å². The summed E-state index contributed by atoms with van der Waals surface area (Å²) in [6, 6.07) is 14.6. The number of methoxy groups -OCH3 is 1. The topological polar surface area (TPSA) is 35.2 Å². The summed E-state index contributed by atoms with van der Waals surface area (Å²) >= 11 is 0. The zero-order chi connectivity index (χ0) is 14.4. The SMILES string of the molecule is COc1ccc(F)cc1C(N)CCCc1ccccc1. The summed E-state index contributed by atoms with van der Waals surface area (Å²) in [7, 11) is 1.58. The highest BCUT2D eigenvalue weighted by Gasteiger charge is 2.12. The lowest BCUT2D eigenvalue weighted by Crippen LogP contribution is -2.12. The van der Waals surface area contributed by atoms with Gasteiger partial charge in [0.25, 0.3) is 0 Å². The first-order valence-electron chi connectivity index (χ1n) is 6.83. The fourth-order valence-electron chi connectivity index (χ4n) is 2.32. The van der Waals surface area contributed by atoms with Gasteiger partial charge in [-0.15, -0.1) is 0 Å². The predicted molar refractivity (Wildman–Crippen MR) is 79.3 cm³/mol. The largest absolute Gasteiger partial charge is 0.496 e. The van der Waals surface area contributed by atoms with Gasteiger partial charge in [-0.2, -0.15) is 0 Å². The molecule has 3 heteroatoms. The molecule has 2 nitrogen and oxygen atoms in total. The van der Waals surface area contributed by atoms with Gasteiger partial charge < -0.3 is 10.5 Å². The van der Waals surface area contributed by atoms with Crippen LogP contribution in [0.15, 0.2) is 48.5 Å². The Morgan fingerprint density at radius 2 is 1.90 bits per heavy atom. The lowest BCUT2D eigenvalue weighted by atomic mass is 9.99. The van der Waals surface area contributed by atoms with E-state index in [1.165, 1.54) is 17.7 Å². The molecule has 2 aromatic carbocycles. The molecule has 0 aliphatic carbocycles. The van der Waals surface area contributed by atoms with Gasteiger partial charge in [-0.25, -0.2) is 4.39 Å². The fourth-order valence-corrected chi connectivity index (χ4v) is 2.32. The van der Waals surface area contributed by atoms with E-state index in [2.05, 4.69) is 12.1 Å². The minimum Gasteiger partial charge on any atom is -0.496 e. The van der Waals surface area contributed by atoms with Crippen molar-refractivity contribution in [2.24, 2.45) is 5.73 Å². The Bertz CT molecular complexity index is 542. The van der Waals surface area contributed by atoms with Gasteiger partial charge in [0.2, 0.25) is 0 Å². The highest BCUT2D eigenvalue weighted by molar-refractivity contribution is 5.36. The second-order valence-corrected chi connectivity index (χ2v) is 4.87. The molecule has 0 radical (unpaired) electrons. The molecule has 0 aliphatic rings. The molecular weight excluding hydrogens is 253 g/mol. The Balaban J connectivity index is 1.95. The van der Waals surface area contributed by atoms with E-state index in [1.807, 2.05) is 18.2 Å². The molecule has 1 unspecified atom stereocenters. The molecule has 20 heavy (non-hydrogen) atoms. The molecular formula is C17H20FNO. The molecule has 2 aromatic rings. The lowest BCUT2D eigenvalue weighted by molar-refractivity contribution is 0.402. The van der Waals surface area contributed by atoms with Crippen LogP contribution in [0.5, 0.6) is 5.75 Å². The molecule has 2 N–H and O–H groups in total. The molecule has 0 bridgehead atoms. The summed E-state index contributed by atoms with van der Waals surface area (Å²) in [6.45, 7) is 0. The lowest BCUT2D eigenvalue weighted by Gasteiger charge is -2.15. The van der Waals surface area contributed by atoms with Crippen LogP contribution in [0, 0.1) is 5.82 Å². The molecule has 0 saturated carbocycles. The van der Waals surface area contributed by atoms with Crippen molar-refractivity contribution in [3.05, 3.63) is 65.5 Å². The summed E-state index contributed by atoms with van der Waals surface area (Å²) in [5, 5.41) is 0. The van der Waals surface area contributed by atoms with E-state index in [1.54, 1.807) is 13.2 Å². The van der Waals surface area contributed by atoms with E-state index in [4.69, 9.17) is 10.5 Å². The second-order valence-electron chi connectivity index (χ2n) is 4.87. The van der Waals surface area contributed by atoms with Crippen molar-refractivity contribution in [2.45, 2.75) is 25.3 Å². The number of aryl methyl sites for hydroxylation is 1. The first-order chi connectivity index (χ1) is 9.70. The molecule has 0 spiro atoms. The van der Waals surface area contributed by atoms with Gasteiger partial charge in [-0.1, -0.05) is 30.3 Å². The standard InChI is InChI=1S/C17H20FNO/c1-20-17-11-10-14(18)12-15(17)16(19)9-5-8-13-6-3-2-4-7-13/h2-4,6-7,10-12,16H,5,8-9,19H2,1H3. The highest BCUT2D eigenvalue weighted by Crippen LogP contribution is 2.27. The zero-order valence-electron chi connectivity index (χ0n) is 11.7. The Morgan fingerprint density at radius 1 is 1.15 bits per heavy atom.